The predicted octanol–water partition coefficient (Wildman–Crippen LogP) is 0.369. The van der Waals surface area contributed by atoms with E-state index in [1.54, 1.807) is 0 Å². The first-order valence-corrected chi connectivity index (χ1v) is 7.39. The van der Waals surface area contributed by atoms with Crippen molar-refractivity contribution >= 4 is 0 Å². The standard InChI is InChI=1S/C15H31NO3/c1-11(2)19-10-13(18)9-16-14(3,4)7-12(17)8-15(16,5)6/h11-13,17-18H,7-10H2,1-6H3/p+1/t13-/m0/s1. The number of aliphatic hydroxyl groups excluding tert-OH is 2. The molecule has 1 rings (SSSR count). The third-order valence-electron chi connectivity index (χ3n) is 4.19. The third-order valence-corrected chi connectivity index (χ3v) is 4.19. The molecule has 0 aromatic heterocycles. The Morgan fingerprint density at radius 2 is 1.63 bits per heavy atom. The maximum atomic E-state index is 10.2. The highest BCUT2D eigenvalue weighted by atomic mass is 16.5. The van der Waals surface area contributed by atoms with Crippen LogP contribution in [-0.4, -0.2) is 52.8 Å². The van der Waals surface area contributed by atoms with Crippen LogP contribution in [0.5, 0.6) is 0 Å². The molecule has 0 saturated carbocycles. The Bertz CT molecular complexity index is 271. The lowest BCUT2D eigenvalue weighted by Crippen LogP contribution is -3.27. The molecular weight excluding hydrogens is 242 g/mol. The molecule has 0 aromatic rings. The Labute approximate surface area is 117 Å². The van der Waals surface area contributed by atoms with E-state index in [2.05, 4.69) is 27.7 Å². The average Bonchev–Trinajstić information content (AvgIpc) is 2.18. The van der Waals surface area contributed by atoms with Crippen LogP contribution in [0.3, 0.4) is 0 Å². The predicted molar refractivity (Wildman–Crippen MR) is 76.3 cm³/mol. The molecule has 19 heavy (non-hydrogen) atoms. The van der Waals surface area contributed by atoms with Crippen LogP contribution in [0.4, 0.5) is 0 Å². The molecule has 1 aliphatic rings. The van der Waals surface area contributed by atoms with E-state index in [4.69, 9.17) is 4.74 Å². The molecule has 0 unspecified atom stereocenters. The minimum absolute atomic E-state index is 0.0278. The highest BCUT2D eigenvalue weighted by molar-refractivity contribution is 4.86. The molecule has 0 spiro atoms. The summed E-state index contributed by atoms with van der Waals surface area (Å²) in [7, 11) is 0. The Balaban J connectivity index is 2.67. The highest BCUT2D eigenvalue weighted by Gasteiger charge is 2.49. The smallest absolute Gasteiger partial charge is 0.126 e. The minimum atomic E-state index is -0.453. The van der Waals surface area contributed by atoms with Crippen LogP contribution in [0.2, 0.25) is 0 Å². The molecule has 1 saturated heterocycles. The first-order valence-electron chi connectivity index (χ1n) is 7.39. The fraction of sp³-hybridized carbons (Fsp3) is 1.00. The summed E-state index contributed by atoms with van der Waals surface area (Å²) in [5.74, 6) is 0. The van der Waals surface area contributed by atoms with E-state index in [1.807, 2.05) is 13.8 Å². The number of nitrogens with one attached hydrogen (secondary N) is 1. The molecule has 1 atom stereocenters. The monoisotopic (exact) mass is 274 g/mol. The summed E-state index contributed by atoms with van der Waals surface area (Å²) >= 11 is 0. The first kappa shape index (κ1) is 16.9. The van der Waals surface area contributed by atoms with Gasteiger partial charge >= 0.3 is 0 Å². The minimum Gasteiger partial charge on any atom is -0.393 e. The van der Waals surface area contributed by atoms with Crippen LogP contribution in [0.25, 0.3) is 0 Å². The van der Waals surface area contributed by atoms with Gasteiger partial charge in [0, 0.05) is 12.8 Å². The largest absolute Gasteiger partial charge is 0.393 e. The Morgan fingerprint density at radius 1 is 1.16 bits per heavy atom. The molecule has 3 N–H and O–H groups in total. The topological polar surface area (TPSA) is 54.1 Å². The second kappa shape index (κ2) is 6.08. The van der Waals surface area contributed by atoms with Gasteiger partial charge in [-0.05, 0) is 41.5 Å². The van der Waals surface area contributed by atoms with Gasteiger partial charge in [-0.15, -0.1) is 0 Å². The van der Waals surface area contributed by atoms with E-state index in [-0.39, 0.29) is 23.3 Å². The quantitative estimate of drug-likeness (QED) is 0.679. The Hall–Kier alpha value is -0.160. The van der Waals surface area contributed by atoms with E-state index in [0.717, 1.165) is 12.8 Å². The number of piperidine rings is 1. The van der Waals surface area contributed by atoms with Crippen molar-refractivity contribution in [2.24, 2.45) is 0 Å². The van der Waals surface area contributed by atoms with Crippen LogP contribution in [0.1, 0.15) is 54.4 Å². The summed E-state index contributed by atoms with van der Waals surface area (Å²) in [6.45, 7) is 13.7. The lowest BCUT2D eigenvalue weighted by atomic mass is 9.78. The fourth-order valence-corrected chi connectivity index (χ4v) is 3.56. The van der Waals surface area contributed by atoms with E-state index >= 15 is 0 Å². The number of hydrogen-bond donors (Lipinski definition) is 3. The zero-order valence-electron chi connectivity index (χ0n) is 13.4. The second-order valence-corrected chi connectivity index (χ2v) is 7.55. The highest BCUT2D eigenvalue weighted by Crippen LogP contribution is 2.23. The van der Waals surface area contributed by atoms with E-state index < -0.39 is 6.10 Å². The van der Waals surface area contributed by atoms with Crippen molar-refractivity contribution in [2.75, 3.05) is 13.2 Å². The number of likely N-dealkylation sites (tertiary alicyclic amines) is 1. The Kier molecular flexibility index (Phi) is 5.41. The lowest BCUT2D eigenvalue weighted by molar-refractivity contribution is -1.00. The van der Waals surface area contributed by atoms with Gasteiger partial charge in [0.15, 0.2) is 0 Å². The average molecular weight is 274 g/mol. The molecule has 114 valence electrons. The second-order valence-electron chi connectivity index (χ2n) is 7.55. The van der Waals surface area contributed by atoms with Crippen molar-refractivity contribution in [2.45, 2.75) is 83.8 Å². The number of ether oxygens (including phenoxy) is 1. The summed E-state index contributed by atoms with van der Waals surface area (Å²) in [4.78, 5) is 1.35. The molecule has 0 aromatic carbocycles. The van der Waals surface area contributed by atoms with Gasteiger partial charge in [-0.1, -0.05) is 0 Å². The molecule has 1 fully saturated rings. The van der Waals surface area contributed by atoms with E-state index in [9.17, 15) is 10.2 Å². The van der Waals surface area contributed by atoms with Gasteiger partial charge < -0.3 is 19.8 Å². The molecule has 0 aliphatic carbocycles. The molecule has 1 heterocycles. The van der Waals surface area contributed by atoms with Crippen LogP contribution in [0.15, 0.2) is 0 Å². The normalized spacial score (nSPS) is 31.4. The summed E-state index contributed by atoms with van der Waals surface area (Å²) < 4.78 is 5.49. The van der Waals surface area contributed by atoms with Crippen LogP contribution in [-0.2, 0) is 4.74 Å². The van der Waals surface area contributed by atoms with Crippen molar-refractivity contribution in [3.8, 4) is 0 Å². The molecular formula is C15H32NO3+. The van der Waals surface area contributed by atoms with Gasteiger partial charge in [0.1, 0.15) is 12.6 Å². The molecule has 0 radical (unpaired) electrons. The van der Waals surface area contributed by atoms with E-state index in [0.29, 0.717) is 13.2 Å². The van der Waals surface area contributed by atoms with Gasteiger partial charge in [-0.3, -0.25) is 0 Å². The molecule has 0 amide bonds. The summed E-state index contributed by atoms with van der Waals surface area (Å²) in [5.41, 5.74) is -0.0556. The van der Waals surface area contributed by atoms with Crippen molar-refractivity contribution in [1.82, 2.24) is 0 Å². The molecule has 4 heteroatoms. The first-order chi connectivity index (χ1) is 8.54. The molecule has 1 aliphatic heterocycles. The van der Waals surface area contributed by atoms with Crippen molar-refractivity contribution < 1.29 is 19.8 Å². The van der Waals surface area contributed by atoms with Crippen LogP contribution < -0.4 is 4.90 Å². The van der Waals surface area contributed by atoms with Gasteiger partial charge in [0.25, 0.3) is 0 Å². The summed E-state index contributed by atoms with van der Waals surface area (Å²) in [5, 5.41) is 20.2. The third kappa shape index (κ3) is 4.71. The maximum absolute atomic E-state index is 10.2. The molecule has 4 nitrogen and oxygen atoms in total. The fourth-order valence-electron chi connectivity index (χ4n) is 3.56. The zero-order valence-corrected chi connectivity index (χ0v) is 13.4. The lowest BCUT2D eigenvalue weighted by Gasteiger charge is -2.51. The van der Waals surface area contributed by atoms with Gasteiger partial charge in [-0.25, -0.2) is 0 Å². The number of quaternary nitrogens is 1. The SMILES string of the molecule is CC(C)OC[C@@H](O)C[NH+]1C(C)(C)CC(O)CC1(C)C. The number of aliphatic hydroxyl groups is 2. The molecule has 0 bridgehead atoms. The van der Waals surface area contributed by atoms with Crippen LogP contribution >= 0.6 is 0 Å². The Morgan fingerprint density at radius 3 is 2.05 bits per heavy atom. The zero-order chi connectivity index (χ0) is 14.8. The summed E-state index contributed by atoms with van der Waals surface area (Å²) in [6.07, 6.45) is 1.02. The van der Waals surface area contributed by atoms with E-state index in [1.165, 1.54) is 4.90 Å². The summed E-state index contributed by atoms with van der Waals surface area (Å²) in [6, 6.07) is 0. The number of hydrogen-bond acceptors (Lipinski definition) is 3. The van der Waals surface area contributed by atoms with Gasteiger partial charge in [-0.2, -0.15) is 0 Å². The number of rotatable bonds is 5. The van der Waals surface area contributed by atoms with Crippen molar-refractivity contribution in [3.05, 3.63) is 0 Å². The van der Waals surface area contributed by atoms with Gasteiger partial charge in [0.2, 0.25) is 0 Å². The van der Waals surface area contributed by atoms with Crippen molar-refractivity contribution in [3.63, 3.8) is 0 Å². The van der Waals surface area contributed by atoms with Crippen LogP contribution in [0, 0.1) is 0 Å². The maximum Gasteiger partial charge on any atom is 0.126 e. The van der Waals surface area contributed by atoms with Gasteiger partial charge in [0.05, 0.1) is 29.9 Å². The van der Waals surface area contributed by atoms with Crippen molar-refractivity contribution in [1.29, 1.82) is 0 Å².